The molecule has 6 heteroatoms. The second kappa shape index (κ2) is 5.51. The van der Waals surface area contributed by atoms with Gasteiger partial charge in [0.1, 0.15) is 17.2 Å². The number of hydrogen-bond donors (Lipinski definition) is 0. The number of halogens is 1. The van der Waals surface area contributed by atoms with Crippen LogP contribution < -0.4 is 4.74 Å². The Morgan fingerprint density at radius 2 is 1.72 bits per heavy atom. The maximum Gasteiger partial charge on any atom is 0.215 e. The summed E-state index contributed by atoms with van der Waals surface area (Å²) >= 11 is 0. The Kier molecular flexibility index (Phi) is 3.42. The average Bonchev–Trinajstić information content (AvgIpc) is 2.93. The Bertz CT molecular complexity index is 1130. The van der Waals surface area contributed by atoms with E-state index in [4.69, 9.17) is 9.72 Å². The zero-order valence-corrected chi connectivity index (χ0v) is 14.5. The molecule has 0 unspecified atom stereocenters. The number of nitrogens with zero attached hydrogens (tertiary/aromatic N) is 4. The molecule has 3 heterocycles. The lowest BCUT2D eigenvalue weighted by atomic mass is 10.1. The molecule has 126 valence electrons. The normalized spacial score (nSPS) is 11.4. The predicted octanol–water partition coefficient (Wildman–Crippen LogP) is 4.02. The van der Waals surface area contributed by atoms with E-state index in [1.807, 2.05) is 31.2 Å². The van der Waals surface area contributed by atoms with Crippen molar-refractivity contribution in [1.29, 1.82) is 0 Å². The van der Waals surface area contributed by atoms with Gasteiger partial charge >= 0.3 is 0 Å². The number of aromatic nitrogens is 4. The van der Waals surface area contributed by atoms with Crippen LogP contribution in [0.2, 0.25) is 0 Å². The highest BCUT2D eigenvalue weighted by Crippen LogP contribution is 2.30. The van der Waals surface area contributed by atoms with Gasteiger partial charge in [0.15, 0.2) is 5.65 Å². The Hall–Kier alpha value is -3.02. The highest BCUT2D eigenvalue weighted by atomic mass is 19.1. The summed E-state index contributed by atoms with van der Waals surface area (Å²) in [5.74, 6) is 0.968. The first-order valence-electron chi connectivity index (χ1n) is 7.96. The van der Waals surface area contributed by atoms with Gasteiger partial charge in [-0.2, -0.15) is 4.98 Å². The van der Waals surface area contributed by atoms with E-state index in [-0.39, 0.29) is 5.82 Å². The van der Waals surface area contributed by atoms with Gasteiger partial charge in [0, 0.05) is 11.6 Å². The third-order valence-electron chi connectivity index (χ3n) is 4.36. The van der Waals surface area contributed by atoms with Crippen molar-refractivity contribution in [3.8, 4) is 17.3 Å². The fraction of sp³-hybridized carbons (Fsp3) is 0.211. The number of imidazole rings is 1. The highest BCUT2D eigenvalue weighted by Gasteiger charge is 2.18. The number of ether oxygens (including phenoxy) is 1. The molecule has 4 rings (SSSR count). The summed E-state index contributed by atoms with van der Waals surface area (Å²) in [5.41, 5.74) is 5.74. The van der Waals surface area contributed by atoms with Crippen molar-refractivity contribution in [1.82, 2.24) is 19.4 Å². The van der Waals surface area contributed by atoms with Crippen molar-refractivity contribution in [3.05, 3.63) is 53.1 Å². The smallest absolute Gasteiger partial charge is 0.215 e. The van der Waals surface area contributed by atoms with Gasteiger partial charge in [-0.3, -0.25) is 4.40 Å². The molecule has 0 saturated carbocycles. The largest absolute Gasteiger partial charge is 0.481 e. The van der Waals surface area contributed by atoms with Crippen molar-refractivity contribution < 1.29 is 9.13 Å². The average molecular weight is 336 g/mol. The molecule has 0 N–H and O–H groups in total. The maximum absolute atomic E-state index is 13.5. The van der Waals surface area contributed by atoms with Gasteiger partial charge in [-0.15, -0.1) is 0 Å². The first kappa shape index (κ1) is 15.5. The molecule has 0 aliphatic heterocycles. The summed E-state index contributed by atoms with van der Waals surface area (Å²) in [4.78, 5) is 14.0. The lowest BCUT2D eigenvalue weighted by Gasteiger charge is -2.10. The first-order valence-corrected chi connectivity index (χ1v) is 7.96. The van der Waals surface area contributed by atoms with E-state index in [1.54, 1.807) is 19.2 Å². The van der Waals surface area contributed by atoms with Crippen LogP contribution in [0.4, 0.5) is 4.39 Å². The number of pyridine rings is 1. The Morgan fingerprint density at radius 1 is 0.960 bits per heavy atom. The number of benzene rings is 1. The fourth-order valence-electron chi connectivity index (χ4n) is 3.24. The van der Waals surface area contributed by atoms with Crippen LogP contribution in [0.5, 0.6) is 5.88 Å². The van der Waals surface area contributed by atoms with Gasteiger partial charge in [0.05, 0.1) is 24.0 Å². The molecule has 0 atom stereocenters. The number of aryl methyl sites for hydroxylation is 3. The van der Waals surface area contributed by atoms with Crippen molar-refractivity contribution in [2.75, 3.05) is 7.11 Å². The monoisotopic (exact) mass is 336 g/mol. The van der Waals surface area contributed by atoms with E-state index in [1.165, 1.54) is 12.1 Å². The molecule has 0 aliphatic rings. The summed E-state index contributed by atoms with van der Waals surface area (Å²) in [6, 6.07) is 8.37. The molecular formula is C19H17FN4O. The van der Waals surface area contributed by atoms with E-state index in [9.17, 15) is 4.39 Å². The van der Waals surface area contributed by atoms with Crippen molar-refractivity contribution in [2.45, 2.75) is 20.8 Å². The van der Waals surface area contributed by atoms with Crippen LogP contribution in [0.15, 0.2) is 30.3 Å². The minimum Gasteiger partial charge on any atom is -0.481 e. The summed E-state index contributed by atoms with van der Waals surface area (Å²) in [6.07, 6.45) is 0. The molecular weight excluding hydrogens is 319 g/mol. The second-order valence-electron chi connectivity index (χ2n) is 6.06. The van der Waals surface area contributed by atoms with Crippen molar-refractivity contribution in [2.24, 2.45) is 0 Å². The number of rotatable bonds is 2. The quantitative estimate of drug-likeness (QED) is 0.555. The third kappa shape index (κ3) is 2.33. The van der Waals surface area contributed by atoms with E-state index in [0.717, 1.165) is 39.4 Å². The number of methoxy groups -OCH3 is 1. The van der Waals surface area contributed by atoms with Gasteiger partial charge in [-0.25, -0.2) is 14.4 Å². The van der Waals surface area contributed by atoms with Crippen LogP contribution in [0, 0.1) is 26.6 Å². The minimum atomic E-state index is -0.263. The van der Waals surface area contributed by atoms with Crippen LogP contribution in [0.3, 0.4) is 0 Å². The van der Waals surface area contributed by atoms with Crippen LogP contribution >= 0.6 is 0 Å². The van der Waals surface area contributed by atoms with E-state index < -0.39 is 0 Å². The fourth-order valence-corrected chi connectivity index (χ4v) is 3.24. The lowest BCUT2D eigenvalue weighted by molar-refractivity contribution is 0.399. The summed E-state index contributed by atoms with van der Waals surface area (Å²) in [6.45, 7) is 5.77. The van der Waals surface area contributed by atoms with Crippen LogP contribution in [-0.2, 0) is 0 Å². The van der Waals surface area contributed by atoms with Crippen LogP contribution in [0.25, 0.3) is 28.1 Å². The van der Waals surface area contributed by atoms with E-state index in [0.29, 0.717) is 11.5 Å². The predicted molar refractivity (Wildman–Crippen MR) is 94.4 cm³/mol. The summed E-state index contributed by atoms with van der Waals surface area (Å²) in [7, 11) is 1.58. The maximum atomic E-state index is 13.5. The lowest BCUT2D eigenvalue weighted by Crippen LogP contribution is -2.01. The van der Waals surface area contributed by atoms with Crippen LogP contribution in [-0.4, -0.2) is 26.5 Å². The minimum absolute atomic E-state index is 0.263. The standard InChI is InChI=1S/C19H17FN4O/c1-10-9-13(20)5-6-14(10)18-22-12(3)17-11(2)21-15-7-8-16(25-4)23-19(15)24(17)18/h5-9H,1-4H3. The van der Waals surface area contributed by atoms with E-state index in [2.05, 4.69) is 9.97 Å². The zero-order valence-electron chi connectivity index (χ0n) is 14.5. The number of fused-ring (bicyclic) bond motifs is 3. The SMILES string of the molecule is COc1ccc2nc(C)c3c(C)nc(-c4ccc(F)cc4C)n3c2n1. The molecule has 0 bridgehead atoms. The molecule has 0 spiro atoms. The van der Waals surface area contributed by atoms with Gasteiger partial charge in [0.25, 0.3) is 0 Å². The topological polar surface area (TPSA) is 52.3 Å². The molecule has 5 nitrogen and oxygen atoms in total. The van der Waals surface area contributed by atoms with Crippen molar-refractivity contribution >= 4 is 16.7 Å². The molecule has 0 fully saturated rings. The molecule has 0 saturated heterocycles. The van der Waals surface area contributed by atoms with Crippen LogP contribution in [0.1, 0.15) is 17.0 Å². The van der Waals surface area contributed by atoms with Gasteiger partial charge in [0.2, 0.25) is 5.88 Å². The molecule has 0 amide bonds. The zero-order chi connectivity index (χ0) is 17.7. The molecule has 25 heavy (non-hydrogen) atoms. The first-order chi connectivity index (χ1) is 12.0. The van der Waals surface area contributed by atoms with Gasteiger partial charge in [-0.1, -0.05) is 0 Å². The molecule has 4 aromatic rings. The number of hydrogen-bond acceptors (Lipinski definition) is 4. The third-order valence-corrected chi connectivity index (χ3v) is 4.36. The molecule has 3 aromatic heterocycles. The van der Waals surface area contributed by atoms with Gasteiger partial charge < -0.3 is 4.74 Å². The second-order valence-corrected chi connectivity index (χ2v) is 6.06. The van der Waals surface area contributed by atoms with Crippen molar-refractivity contribution in [3.63, 3.8) is 0 Å². The van der Waals surface area contributed by atoms with E-state index >= 15 is 0 Å². The molecule has 0 aliphatic carbocycles. The highest BCUT2D eigenvalue weighted by molar-refractivity contribution is 5.81. The Morgan fingerprint density at radius 3 is 2.44 bits per heavy atom. The molecule has 0 radical (unpaired) electrons. The summed E-state index contributed by atoms with van der Waals surface area (Å²) < 4.78 is 20.8. The molecule has 1 aromatic carbocycles. The Labute approximate surface area is 144 Å². The van der Waals surface area contributed by atoms with Gasteiger partial charge in [-0.05, 0) is 50.6 Å². The summed E-state index contributed by atoms with van der Waals surface area (Å²) in [5, 5.41) is 0. The Balaban J connectivity index is 2.18.